The van der Waals surface area contributed by atoms with Crippen molar-refractivity contribution in [1.82, 2.24) is 4.98 Å². The van der Waals surface area contributed by atoms with Crippen LogP contribution in [0.15, 0.2) is 18.3 Å². The molecule has 1 fully saturated rings. The fraction of sp³-hybridized carbons (Fsp3) is 0.300. The fourth-order valence-corrected chi connectivity index (χ4v) is 1.31. The normalized spacial score (nSPS) is 18.3. The van der Waals surface area contributed by atoms with Crippen LogP contribution in [-0.4, -0.2) is 4.98 Å². The lowest BCUT2D eigenvalue weighted by molar-refractivity contribution is 0.587. The van der Waals surface area contributed by atoms with E-state index >= 15 is 0 Å². The van der Waals surface area contributed by atoms with Crippen LogP contribution in [0.4, 0.5) is 4.39 Å². The summed E-state index contributed by atoms with van der Waals surface area (Å²) in [6.07, 6.45) is 8.61. The molecular weight excluding hydrogens is 153 g/mol. The van der Waals surface area contributed by atoms with Gasteiger partial charge in [-0.2, -0.15) is 0 Å². The molecule has 1 heterocycles. The van der Waals surface area contributed by atoms with Gasteiger partial charge in [-0.1, -0.05) is 5.92 Å². The highest BCUT2D eigenvalue weighted by Crippen LogP contribution is 2.47. The van der Waals surface area contributed by atoms with E-state index in [9.17, 15) is 4.39 Å². The Labute approximate surface area is 70.6 Å². The van der Waals surface area contributed by atoms with Crippen LogP contribution in [0, 0.1) is 18.2 Å². The molecule has 0 aromatic carbocycles. The van der Waals surface area contributed by atoms with Gasteiger partial charge in [0.2, 0.25) is 0 Å². The first kappa shape index (κ1) is 7.30. The first-order valence-electron chi connectivity index (χ1n) is 3.87. The first-order chi connectivity index (χ1) is 5.78. The van der Waals surface area contributed by atoms with Gasteiger partial charge in [-0.3, -0.25) is 4.98 Å². The summed E-state index contributed by atoms with van der Waals surface area (Å²) in [4.78, 5) is 3.97. The summed E-state index contributed by atoms with van der Waals surface area (Å²) < 4.78 is 13.2. The lowest BCUT2D eigenvalue weighted by atomic mass is 10.0. The summed E-state index contributed by atoms with van der Waals surface area (Å²) in [7, 11) is 0. The van der Waals surface area contributed by atoms with E-state index < -0.39 is 0 Å². The highest BCUT2D eigenvalue weighted by molar-refractivity contribution is 5.36. The Hall–Kier alpha value is -1.36. The van der Waals surface area contributed by atoms with Crippen molar-refractivity contribution in [2.45, 2.75) is 18.3 Å². The number of terminal acetylenes is 1. The molecule has 1 nitrogen and oxygen atoms in total. The molecule has 12 heavy (non-hydrogen) atoms. The minimum atomic E-state index is -0.384. The van der Waals surface area contributed by atoms with Gasteiger partial charge in [0.05, 0.1) is 11.1 Å². The molecule has 0 radical (unpaired) electrons. The molecule has 0 bridgehead atoms. The molecule has 0 N–H and O–H groups in total. The molecule has 2 rings (SSSR count). The molecule has 60 valence electrons. The summed E-state index contributed by atoms with van der Waals surface area (Å²) in [5.74, 6) is 2.32. The third-order valence-electron chi connectivity index (χ3n) is 2.24. The van der Waals surface area contributed by atoms with Crippen LogP contribution in [0.1, 0.15) is 18.5 Å². The molecule has 1 aliphatic carbocycles. The van der Waals surface area contributed by atoms with Crippen LogP contribution in [0.3, 0.4) is 0 Å². The van der Waals surface area contributed by atoms with Crippen molar-refractivity contribution in [3.8, 4) is 12.3 Å². The molecule has 1 saturated carbocycles. The topological polar surface area (TPSA) is 12.9 Å². The van der Waals surface area contributed by atoms with Crippen LogP contribution >= 0.6 is 0 Å². The Morgan fingerprint density at radius 3 is 2.83 bits per heavy atom. The highest BCUT2D eigenvalue weighted by Gasteiger charge is 2.45. The Kier molecular flexibility index (Phi) is 1.41. The molecule has 0 unspecified atom stereocenters. The van der Waals surface area contributed by atoms with Gasteiger partial charge < -0.3 is 0 Å². The molecule has 1 aliphatic rings. The van der Waals surface area contributed by atoms with E-state index in [2.05, 4.69) is 10.9 Å². The Morgan fingerprint density at radius 2 is 2.33 bits per heavy atom. The van der Waals surface area contributed by atoms with E-state index in [1.54, 1.807) is 12.3 Å². The summed E-state index contributed by atoms with van der Waals surface area (Å²) in [6, 6.07) is 2.98. The van der Waals surface area contributed by atoms with Gasteiger partial charge in [0.15, 0.2) is 0 Å². The van der Waals surface area contributed by atoms with Gasteiger partial charge in [0, 0.05) is 6.20 Å². The van der Waals surface area contributed by atoms with Crippen molar-refractivity contribution in [3.63, 3.8) is 0 Å². The molecule has 0 atom stereocenters. The SMILES string of the molecule is C#CC1(c2ncccc2F)CC1. The largest absolute Gasteiger partial charge is 0.257 e. The van der Waals surface area contributed by atoms with Crippen molar-refractivity contribution < 1.29 is 4.39 Å². The predicted molar refractivity (Wildman–Crippen MR) is 43.9 cm³/mol. The molecule has 0 amide bonds. The van der Waals surface area contributed by atoms with Gasteiger partial charge in [-0.25, -0.2) is 4.39 Å². The third-order valence-corrected chi connectivity index (χ3v) is 2.24. The van der Waals surface area contributed by atoms with Gasteiger partial charge in [-0.15, -0.1) is 6.42 Å². The van der Waals surface area contributed by atoms with Gasteiger partial charge in [-0.05, 0) is 25.0 Å². The smallest absolute Gasteiger partial charge is 0.146 e. The number of hydrogen-bond donors (Lipinski definition) is 0. The van der Waals surface area contributed by atoms with E-state index in [-0.39, 0.29) is 11.2 Å². The molecule has 2 heteroatoms. The molecule has 0 spiro atoms. The number of nitrogens with zero attached hydrogens (tertiary/aromatic N) is 1. The maximum absolute atomic E-state index is 13.2. The summed E-state index contributed by atoms with van der Waals surface area (Å²) >= 11 is 0. The maximum Gasteiger partial charge on any atom is 0.146 e. The Bertz CT molecular complexity index is 347. The summed E-state index contributed by atoms with van der Waals surface area (Å²) in [5.41, 5.74) is 0.0539. The van der Waals surface area contributed by atoms with Crippen LogP contribution in [0.25, 0.3) is 0 Å². The standard InChI is InChI=1S/C10H8FN/c1-2-10(5-6-10)9-8(11)4-3-7-12-9/h1,3-4,7H,5-6H2. The van der Waals surface area contributed by atoms with Crippen molar-refractivity contribution in [2.75, 3.05) is 0 Å². The molecular formula is C10H8FN. The zero-order valence-electron chi connectivity index (χ0n) is 6.55. The maximum atomic E-state index is 13.2. The molecule has 1 aromatic rings. The Balaban J connectivity index is 2.48. The lowest BCUT2D eigenvalue weighted by Crippen LogP contribution is -2.08. The predicted octanol–water partition coefficient (Wildman–Crippen LogP) is 1.89. The average Bonchev–Trinajstić information content (AvgIpc) is 2.86. The van der Waals surface area contributed by atoms with Crippen LogP contribution in [0.5, 0.6) is 0 Å². The molecule has 0 aliphatic heterocycles. The number of rotatable bonds is 1. The quantitative estimate of drug-likeness (QED) is 0.573. The number of hydrogen-bond acceptors (Lipinski definition) is 1. The van der Waals surface area contributed by atoms with Crippen LogP contribution in [0.2, 0.25) is 0 Å². The minimum absolute atomic E-state index is 0.284. The zero-order chi connectivity index (χ0) is 8.60. The fourth-order valence-electron chi connectivity index (χ4n) is 1.31. The number of aromatic nitrogens is 1. The van der Waals surface area contributed by atoms with Gasteiger partial charge in [0.1, 0.15) is 5.82 Å². The van der Waals surface area contributed by atoms with Crippen molar-refractivity contribution in [1.29, 1.82) is 0 Å². The Morgan fingerprint density at radius 1 is 1.58 bits per heavy atom. The van der Waals surface area contributed by atoms with E-state index in [1.165, 1.54) is 6.07 Å². The second-order valence-corrected chi connectivity index (χ2v) is 3.06. The number of pyridine rings is 1. The van der Waals surface area contributed by atoms with Crippen molar-refractivity contribution in [3.05, 3.63) is 29.8 Å². The van der Waals surface area contributed by atoms with Crippen LogP contribution < -0.4 is 0 Å². The van der Waals surface area contributed by atoms with Gasteiger partial charge >= 0.3 is 0 Å². The molecule has 1 aromatic heterocycles. The van der Waals surface area contributed by atoms with Crippen molar-refractivity contribution >= 4 is 0 Å². The lowest BCUT2D eigenvalue weighted by Gasteiger charge is -2.06. The van der Waals surface area contributed by atoms with Crippen molar-refractivity contribution in [2.24, 2.45) is 0 Å². The third kappa shape index (κ3) is 0.902. The van der Waals surface area contributed by atoms with E-state index in [0.717, 1.165) is 12.8 Å². The monoisotopic (exact) mass is 161 g/mol. The average molecular weight is 161 g/mol. The van der Waals surface area contributed by atoms with E-state index in [4.69, 9.17) is 6.42 Å². The van der Waals surface area contributed by atoms with E-state index in [0.29, 0.717) is 5.69 Å². The van der Waals surface area contributed by atoms with E-state index in [1.807, 2.05) is 0 Å². The minimum Gasteiger partial charge on any atom is -0.257 e. The van der Waals surface area contributed by atoms with Gasteiger partial charge in [0.25, 0.3) is 0 Å². The van der Waals surface area contributed by atoms with Crippen LogP contribution in [-0.2, 0) is 5.41 Å². The summed E-state index contributed by atoms with van der Waals surface area (Å²) in [5, 5.41) is 0. The second-order valence-electron chi connectivity index (χ2n) is 3.06. The summed E-state index contributed by atoms with van der Waals surface area (Å²) in [6.45, 7) is 0. The molecule has 0 saturated heterocycles. The first-order valence-corrected chi connectivity index (χ1v) is 3.87. The second kappa shape index (κ2) is 2.31. The highest BCUT2D eigenvalue weighted by atomic mass is 19.1. The number of halogens is 1. The zero-order valence-corrected chi connectivity index (χ0v) is 6.55.